The second-order valence-corrected chi connectivity index (χ2v) is 7.79. The molecule has 0 radical (unpaired) electrons. The van der Waals surface area contributed by atoms with Gasteiger partial charge in [0.15, 0.2) is 11.6 Å². The van der Waals surface area contributed by atoms with E-state index in [2.05, 4.69) is 10.4 Å². The summed E-state index contributed by atoms with van der Waals surface area (Å²) in [6, 6.07) is 10.6. The third kappa shape index (κ3) is 4.47. The lowest BCUT2D eigenvalue weighted by atomic mass is 10.0. The molecular formula is C24H22F2N4O2. The summed E-state index contributed by atoms with van der Waals surface area (Å²) in [6.07, 6.45) is 5.79. The highest BCUT2D eigenvalue weighted by atomic mass is 19.1. The summed E-state index contributed by atoms with van der Waals surface area (Å²) in [5.74, 6) is -1.29. The average molecular weight is 436 g/mol. The van der Waals surface area contributed by atoms with E-state index in [0.717, 1.165) is 25.7 Å². The summed E-state index contributed by atoms with van der Waals surface area (Å²) in [6.45, 7) is -0.0130. The van der Waals surface area contributed by atoms with E-state index < -0.39 is 11.6 Å². The molecule has 0 saturated heterocycles. The Balaban J connectivity index is 1.71. The largest absolute Gasteiger partial charge is 0.494 e. The van der Waals surface area contributed by atoms with Crippen LogP contribution in [-0.2, 0) is 11.3 Å². The minimum absolute atomic E-state index is 0.0130. The molecule has 1 N–H and O–H groups in total. The first kappa shape index (κ1) is 21.5. The number of rotatable bonds is 6. The molecule has 0 spiro atoms. The molecule has 3 aromatic rings. The van der Waals surface area contributed by atoms with Crippen LogP contribution in [-0.4, -0.2) is 28.8 Å². The molecule has 1 amide bonds. The van der Waals surface area contributed by atoms with Crippen LogP contribution >= 0.6 is 0 Å². The Labute approximate surface area is 184 Å². The molecule has 4 rings (SSSR count). The van der Waals surface area contributed by atoms with Crippen molar-refractivity contribution >= 4 is 5.91 Å². The van der Waals surface area contributed by atoms with Crippen LogP contribution in [0.25, 0.3) is 22.4 Å². The molecule has 32 heavy (non-hydrogen) atoms. The van der Waals surface area contributed by atoms with Crippen molar-refractivity contribution in [2.75, 3.05) is 7.11 Å². The van der Waals surface area contributed by atoms with Crippen molar-refractivity contribution in [1.29, 1.82) is 5.26 Å². The van der Waals surface area contributed by atoms with Crippen LogP contribution in [0.4, 0.5) is 8.78 Å². The maximum absolute atomic E-state index is 14.4. The normalized spacial score (nSPS) is 13.7. The van der Waals surface area contributed by atoms with Crippen molar-refractivity contribution in [3.8, 4) is 34.2 Å². The van der Waals surface area contributed by atoms with Crippen LogP contribution < -0.4 is 10.1 Å². The Morgan fingerprint density at radius 2 is 1.91 bits per heavy atom. The zero-order chi connectivity index (χ0) is 22.7. The van der Waals surface area contributed by atoms with Gasteiger partial charge in [-0.1, -0.05) is 25.0 Å². The van der Waals surface area contributed by atoms with Crippen LogP contribution in [0.3, 0.4) is 0 Å². The molecule has 0 unspecified atom stereocenters. The van der Waals surface area contributed by atoms with Crippen LogP contribution in [0.1, 0.15) is 31.2 Å². The molecule has 6 nitrogen and oxygen atoms in total. The monoisotopic (exact) mass is 436 g/mol. The Hall–Kier alpha value is -3.73. The number of amides is 1. The number of ether oxygens (including phenoxy) is 1. The van der Waals surface area contributed by atoms with Gasteiger partial charge in [0, 0.05) is 23.4 Å². The quantitative estimate of drug-likeness (QED) is 0.620. The Morgan fingerprint density at radius 3 is 2.56 bits per heavy atom. The zero-order valence-electron chi connectivity index (χ0n) is 17.6. The molecule has 8 heteroatoms. The van der Waals surface area contributed by atoms with Gasteiger partial charge in [0.25, 0.3) is 0 Å². The number of carbonyl (C=O) groups is 1. The maximum atomic E-state index is 14.4. The smallest absolute Gasteiger partial charge is 0.241 e. The number of hydrogen-bond donors (Lipinski definition) is 1. The van der Waals surface area contributed by atoms with E-state index in [9.17, 15) is 13.6 Å². The lowest BCUT2D eigenvalue weighted by Gasteiger charge is -2.11. The number of hydrogen-bond acceptors (Lipinski definition) is 4. The molecule has 164 valence electrons. The Kier molecular flexibility index (Phi) is 6.17. The molecule has 1 fully saturated rings. The number of aromatic nitrogens is 2. The van der Waals surface area contributed by atoms with Gasteiger partial charge in [-0.15, -0.1) is 0 Å². The number of nitrogens with one attached hydrogen (secondary N) is 1. The minimum Gasteiger partial charge on any atom is -0.494 e. The summed E-state index contributed by atoms with van der Waals surface area (Å²) in [4.78, 5) is 12.5. The first-order chi connectivity index (χ1) is 15.5. The molecule has 1 aromatic heterocycles. The molecular weight excluding hydrogens is 414 g/mol. The predicted octanol–water partition coefficient (Wildman–Crippen LogP) is 4.43. The van der Waals surface area contributed by atoms with Crippen molar-refractivity contribution in [3.05, 3.63) is 59.8 Å². The second kappa shape index (κ2) is 9.18. The summed E-state index contributed by atoms with van der Waals surface area (Å²) in [7, 11) is 1.38. The fourth-order valence-corrected chi connectivity index (χ4v) is 4.00. The predicted molar refractivity (Wildman–Crippen MR) is 115 cm³/mol. The highest BCUT2D eigenvalue weighted by Crippen LogP contribution is 2.34. The number of methoxy groups -OCH3 is 1. The molecule has 1 heterocycles. The third-order valence-electron chi connectivity index (χ3n) is 5.61. The molecule has 0 atom stereocenters. The average Bonchev–Trinajstić information content (AvgIpc) is 3.43. The summed E-state index contributed by atoms with van der Waals surface area (Å²) in [5, 5.41) is 16.5. The second-order valence-electron chi connectivity index (χ2n) is 7.79. The minimum atomic E-state index is -0.676. The standard InChI is InChI=1S/C24H22F2N4O2/c1-32-22-9-8-15(10-21(22)26)19-13-30(14-23(31)28-18-4-2-3-5-18)29-24(19)16-6-7-17(12-27)20(25)11-16/h6-11,13,18H,2-5,14H2,1H3,(H,28,31). The van der Waals surface area contributed by atoms with E-state index in [1.54, 1.807) is 24.4 Å². The van der Waals surface area contributed by atoms with Gasteiger partial charge in [-0.25, -0.2) is 8.78 Å². The summed E-state index contributed by atoms with van der Waals surface area (Å²) < 4.78 is 35.1. The van der Waals surface area contributed by atoms with Gasteiger partial charge in [0.2, 0.25) is 5.91 Å². The molecule has 0 bridgehead atoms. The zero-order valence-corrected chi connectivity index (χ0v) is 17.6. The van der Waals surface area contributed by atoms with E-state index >= 15 is 0 Å². The lowest BCUT2D eigenvalue weighted by Crippen LogP contribution is -2.35. The first-order valence-electron chi connectivity index (χ1n) is 10.4. The van der Waals surface area contributed by atoms with E-state index in [1.807, 2.05) is 0 Å². The maximum Gasteiger partial charge on any atom is 0.241 e. The van der Waals surface area contributed by atoms with Crippen molar-refractivity contribution in [2.24, 2.45) is 0 Å². The Bertz CT molecular complexity index is 1190. The van der Waals surface area contributed by atoms with Gasteiger partial charge < -0.3 is 10.1 Å². The third-order valence-corrected chi connectivity index (χ3v) is 5.61. The van der Waals surface area contributed by atoms with Gasteiger partial charge in [0.05, 0.1) is 12.7 Å². The topological polar surface area (TPSA) is 79.9 Å². The van der Waals surface area contributed by atoms with Gasteiger partial charge in [-0.05, 0) is 42.7 Å². The van der Waals surface area contributed by atoms with Crippen molar-refractivity contribution in [3.63, 3.8) is 0 Å². The number of carbonyl (C=O) groups excluding carboxylic acids is 1. The van der Waals surface area contributed by atoms with Gasteiger partial charge >= 0.3 is 0 Å². The highest BCUT2D eigenvalue weighted by molar-refractivity contribution is 5.82. The number of nitriles is 1. The summed E-state index contributed by atoms with van der Waals surface area (Å²) >= 11 is 0. The fraction of sp³-hybridized carbons (Fsp3) is 0.292. The number of halogens is 2. The molecule has 1 saturated carbocycles. The lowest BCUT2D eigenvalue weighted by molar-refractivity contribution is -0.122. The fourth-order valence-electron chi connectivity index (χ4n) is 4.00. The first-order valence-corrected chi connectivity index (χ1v) is 10.4. The Morgan fingerprint density at radius 1 is 1.19 bits per heavy atom. The number of benzene rings is 2. The van der Waals surface area contributed by atoms with Crippen LogP contribution in [0, 0.1) is 23.0 Å². The van der Waals surface area contributed by atoms with Gasteiger partial charge in [-0.3, -0.25) is 9.48 Å². The van der Waals surface area contributed by atoms with Crippen molar-refractivity contribution in [1.82, 2.24) is 15.1 Å². The highest BCUT2D eigenvalue weighted by Gasteiger charge is 2.20. The van der Waals surface area contributed by atoms with Crippen LogP contribution in [0.15, 0.2) is 42.6 Å². The molecule has 1 aliphatic rings. The van der Waals surface area contributed by atoms with Crippen molar-refractivity contribution < 1.29 is 18.3 Å². The van der Waals surface area contributed by atoms with Gasteiger partial charge in [-0.2, -0.15) is 10.4 Å². The van der Waals surface area contributed by atoms with Gasteiger partial charge in [0.1, 0.15) is 24.1 Å². The molecule has 1 aliphatic carbocycles. The number of nitrogens with zero attached hydrogens (tertiary/aromatic N) is 3. The molecule has 2 aromatic carbocycles. The van der Waals surface area contributed by atoms with Crippen molar-refractivity contribution in [2.45, 2.75) is 38.3 Å². The van der Waals surface area contributed by atoms with Crippen LogP contribution in [0.2, 0.25) is 0 Å². The van der Waals surface area contributed by atoms with Crippen LogP contribution in [0.5, 0.6) is 5.75 Å². The molecule has 0 aliphatic heterocycles. The van der Waals surface area contributed by atoms with E-state index in [0.29, 0.717) is 22.4 Å². The summed E-state index contributed by atoms with van der Waals surface area (Å²) in [5.41, 5.74) is 1.75. The van der Waals surface area contributed by atoms with E-state index in [4.69, 9.17) is 10.00 Å². The van der Waals surface area contributed by atoms with E-state index in [1.165, 1.54) is 36.1 Å². The van der Waals surface area contributed by atoms with E-state index in [-0.39, 0.29) is 29.8 Å². The SMILES string of the molecule is COc1ccc(-c2cn(CC(=O)NC3CCCC3)nc2-c2ccc(C#N)c(F)c2)cc1F.